The van der Waals surface area contributed by atoms with Gasteiger partial charge in [-0.25, -0.2) is 0 Å². The van der Waals surface area contributed by atoms with Gasteiger partial charge in [-0.15, -0.1) is 20.2 Å². The lowest BCUT2D eigenvalue weighted by atomic mass is 10.2. The van der Waals surface area contributed by atoms with Crippen LogP contribution < -0.4 is 9.47 Å². The molecule has 0 N–H and O–H groups in total. The van der Waals surface area contributed by atoms with Crippen LogP contribution in [0.3, 0.4) is 0 Å². The molecule has 190 valence electrons. The van der Waals surface area contributed by atoms with Gasteiger partial charge in [0.05, 0.1) is 39.3 Å². The van der Waals surface area contributed by atoms with E-state index in [0.717, 1.165) is 0 Å². The third-order valence-electron chi connectivity index (χ3n) is 3.41. The molecule has 0 amide bonds. The fourth-order valence-electron chi connectivity index (χ4n) is 2.06. The van der Waals surface area contributed by atoms with E-state index in [9.17, 15) is 29.8 Å². The summed E-state index contributed by atoms with van der Waals surface area (Å²) in [6.07, 6.45) is 1.22. The summed E-state index contributed by atoms with van der Waals surface area (Å²) in [7, 11) is 0. The average molecular weight is 488 g/mol. The number of hydrogen-bond acceptors (Lipinski definition) is 12. The van der Waals surface area contributed by atoms with E-state index >= 15 is 0 Å². The molecule has 0 saturated carbocycles. The Bertz CT molecular complexity index is 800. The molecule has 0 fully saturated rings. The van der Waals surface area contributed by atoms with Crippen LogP contribution in [0.5, 0.6) is 11.5 Å². The number of carbonyl (C=O) groups is 2. The van der Waals surface area contributed by atoms with E-state index in [1.807, 2.05) is 13.8 Å². The zero-order valence-electron chi connectivity index (χ0n) is 19.0. The van der Waals surface area contributed by atoms with Crippen LogP contribution in [0.2, 0.25) is 0 Å². The molecule has 0 radical (unpaired) electrons. The molecule has 0 spiro atoms. The first-order chi connectivity index (χ1) is 16.3. The number of ether oxygens (including phenoxy) is 4. The van der Waals surface area contributed by atoms with E-state index < -0.39 is 22.1 Å². The van der Waals surface area contributed by atoms with Crippen LogP contribution in [-0.4, -0.2) is 61.8 Å². The highest BCUT2D eigenvalue weighted by atomic mass is 17.0. The van der Waals surface area contributed by atoms with Gasteiger partial charge in [0.25, 0.3) is 10.2 Å². The Morgan fingerprint density at radius 2 is 1.35 bits per heavy atom. The molecule has 0 aliphatic carbocycles. The maximum atomic E-state index is 11.9. The Labute approximate surface area is 195 Å². The quantitative estimate of drug-likeness (QED) is 0.103. The summed E-state index contributed by atoms with van der Waals surface area (Å²) in [4.78, 5) is 51.8. The molecular weight excluding hydrogens is 460 g/mol. The molecule has 0 aliphatic heterocycles. The molecule has 14 nitrogen and oxygen atoms in total. The molecule has 0 bridgehead atoms. The lowest BCUT2D eigenvalue weighted by Gasteiger charge is -2.10. The van der Waals surface area contributed by atoms with Gasteiger partial charge < -0.3 is 28.6 Å². The summed E-state index contributed by atoms with van der Waals surface area (Å²) in [5, 5.41) is 18.1. The van der Waals surface area contributed by atoms with Crippen LogP contribution in [0.15, 0.2) is 24.8 Å². The minimum absolute atomic E-state index is 0.00977. The van der Waals surface area contributed by atoms with Crippen molar-refractivity contribution in [2.45, 2.75) is 26.7 Å². The molecule has 34 heavy (non-hydrogen) atoms. The van der Waals surface area contributed by atoms with Crippen LogP contribution in [-0.2, 0) is 28.7 Å². The molecule has 0 aliphatic rings. The van der Waals surface area contributed by atoms with Crippen molar-refractivity contribution in [3.05, 3.63) is 50.6 Å². The number of hydrogen-bond donors (Lipinski definition) is 0. The summed E-state index contributed by atoms with van der Waals surface area (Å²) < 4.78 is 20.4. The second kappa shape index (κ2) is 18.8. The highest BCUT2D eigenvalue weighted by Crippen LogP contribution is 2.26. The van der Waals surface area contributed by atoms with Crippen molar-refractivity contribution in [2.24, 2.45) is 0 Å². The van der Waals surface area contributed by atoms with Gasteiger partial charge >= 0.3 is 11.9 Å². The van der Waals surface area contributed by atoms with E-state index in [1.54, 1.807) is 0 Å². The van der Waals surface area contributed by atoms with Gasteiger partial charge in [-0.2, -0.15) is 0 Å². The predicted molar refractivity (Wildman–Crippen MR) is 116 cm³/mol. The van der Waals surface area contributed by atoms with Crippen molar-refractivity contribution < 1.29 is 48.4 Å². The molecule has 1 aromatic rings. The minimum Gasteiger partial charge on any atom is -0.426 e. The number of carbonyl (C=O) groups excluding carboxylic acids is 2. The van der Waals surface area contributed by atoms with E-state index in [0.29, 0.717) is 5.56 Å². The Morgan fingerprint density at radius 1 is 0.853 bits per heavy atom. The van der Waals surface area contributed by atoms with Crippen LogP contribution in [0, 0.1) is 20.2 Å². The second-order valence-electron chi connectivity index (χ2n) is 5.69. The van der Waals surface area contributed by atoms with Crippen LogP contribution in [0.25, 0.3) is 6.08 Å². The van der Waals surface area contributed by atoms with Gasteiger partial charge in [0.1, 0.15) is 24.7 Å². The first-order valence-electron chi connectivity index (χ1n) is 10.2. The fourth-order valence-corrected chi connectivity index (χ4v) is 2.06. The molecule has 0 heterocycles. The summed E-state index contributed by atoms with van der Waals surface area (Å²) in [6, 6.07) is 4.30. The highest BCUT2D eigenvalue weighted by molar-refractivity contribution is 5.75. The Morgan fingerprint density at radius 3 is 1.82 bits per heavy atom. The van der Waals surface area contributed by atoms with E-state index in [1.165, 1.54) is 24.3 Å². The maximum Gasteiger partial charge on any atom is 0.313 e. The van der Waals surface area contributed by atoms with Crippen molar-refractivity contribution in [1.82, 2.24) is 0 Å². The molecule has 14 heteroatoms. The summed E-state index contributed by atoms with van der Waals surface area (Å²) >= 11 is 0. The van der Waals surface area contributed by atoms with E-state index in [4.69, 9.17) is 18.9 Å². The number of esters is 2. The van der Waals surface area contributed by atoms with Crippen molar-refractivity contribution in [2.75, 3.05) is 39.6 Å². The van der Waals surface area contributed by atoms with Crippen molar-refractivity contribution >= 4 is 18.0 Å². The topological polar surface area (TPSA) is 176 Å². The van der Waals surface area contributed by atoms with Gasteiger partial charge in [-0.1, -0.05) is 26.5 Å². The van der Waals surface area contributed by atoms with Gasteiger partial charge in [0.15, 0.2) is 0 Å². The maximum absolute atomic E-state index is 11.9. The van der Waals surface area contributed by atoms with Gasteiger partial charge in [-0.3, -0.25) is 9.59 Å². The van der Waals surface area contributed by atoms with Crippen molar-refractivity contribution in [1.29, 1.82) is 0 Å². The average Bonchev–Trinajstić information content (AvgIpc) is 2.80. The van der Waals surface area contributed by atoms with Crippen molar-refractivity contribution in [3.8, 4) is 11.5 Å². The fraction of sp³-hybridized carbons (Fsp3) is 0.500. The van der Waals surface area contributed by atoms with Gasteiger partial charge in [0, 0.05) is 5.56 Å². The summed E-state index contributed by atoms with van der Waals surface area (Å²) in [5.74, 6) is -0.824. The second-order valence-corrected chi connectivity index (χ2v) is 5.69. The van der Waals surface area contributed by atoms with Gasteiger partial charge in [-0.05, 0) is 18.2 Å². The Balaban J connectivity index is 0.00000529. The van der Waals surface area contributed by atoms with Crippen molar-refractivity contribution in [3.63, 3.8) is 0 Å². The first kappa shape index (κ1) is 30.2. The molecule has 0 aromatic heterocycles. The molecule has 0 saturated heterocycles. The highest BCUT2D eigenvalue weighted by Gasteiger charge is 2.11. The molecule has 1 aromatic carbocycles. The lowest BCUT2D eigenvalue weighted by molar-refractivity contribution is -0.758. The Kier molecular flexibility index (Phi) is 16.7. The third kappa shape index (κ3) is 15.1. The molecular formula is C20H28N2O12. The normalized spacial score (nSPS) is 9.71. The minimum atomic E-state index is -0.943. The van der Waals surface area contributed by atoms with Crippen LogP contribution in [0.4, 0.5) is 0 Å². The van der Waals surface area contributed by atoms with Crippen LogP contribution in [0.1, 0.15) is 32.3 Å². The zero-order valence-corrected chi connectivity index (χ0v) is 19.0. The Hall–Kier alpha value is -3.78. The monoisotopic (exact) mass is 488 g/mol. The SMILES string of the molecule is C=Cc1cc(OC(=O)CCOCCO[N+](=O)[O-])ccc1OC(=O)CCOCCO[N+](=O)[O-].CC. The first-order valence-corrected chi connectivity index (χ1v) is 10.2. The third-order valence-corrected chi connectivity index (χ3v) is 3.41. The van der Waals surface area contributed by atoms with Crippen LogP contribution >= 0.6 is 0 Å². The largest absolute Gasteiger partial charge is 0.426 e. The predicted octanol–water partition coefficient (Wildman–Crippen LogP) is 2.40. The lowest BCUT2D eigenvalue weighted by Crippen LogP contribution is -2.15. The van der Waals surface area contributed by atoms with E-state index in [-0.39, 0.29) is 64.0 Å². The molecule has 1 rings (SSSR count). The standard InChI is InChI=1S/C18H22N2O12.C2H6/c1-2-14-13-15(31-17(21)5-7-27-9-11-29-19(23)24)3-4-16(14)32-18(22)6-8-28-10-12-30-20(25)26;1-2/h2-4,13H,1,5-12H2;1-2H3. The molecule has 0 atom stereocenters. The summed E-state index contributed by atoms with van der Waals surface area (Å²) in [5.41, 5.74) is 0.400. The zero-order chi connectivity index (χ0) is 25.8. The van der Waals surface area contributed by atoms with Gasteiger partial charge in [0.2, 0.25) is 0 Å². The smallest absolute Gasteiger partial charge is 0.313 e. The summed E-state index contributed by atoms with van der Waals surface area (Å²) in [6.45, 7) is 7.00. The number of rotatable bonds is 17. The number of nitrogens with zero attached hydrogens (tertiary/aromatic N) is 2. The molecule has 0 unspecified atom stereocenters. The number of benzene rings is 1. The van der Waals surface area contributed by atoms with E-state index in [2.05, 4.69) is 16.3 Å².